The third kappa shape index (κ3) is 31.3. The van der Waals surface area contributed by atoms with Crippen molar-refractivity contribution in [1.82, 2.24) is 0 Å². The number of hydrogen-bond donors (Lipinski definition) is 0. The highest BCUT2D eigenvalue weighted by molar-refractivity contribution is 7.72. The van der Waals surface area contributed by atoms with Crippen molar-refractivity contribution in [2.24, 2.45) is 0 Å². The summed E-state index contributed by atoms with van der Waals surface area (Å²) >= 11 is 0. The summed E-state index contributed by atoms with van der Waals surface area (Å²) in [6, 6.07) is 0. The molecular weight excluding hydrogens is 607 g/mol. The molecule has 0 aromatic heterocycles. The lowest BCUT2D eigenvalue weighted by Crippen LogP contribution is -2.17. The van der Waals surface area contributed by atoms with Gasteiger partial charge in [-0.25, -0.2) is 9.59 Å². The molecule has 1 rings (SSSR count). The highest BCUT2D eigenvalue weighted by atomic mass is 31.1. The molecule has 0 aromatic carbocycles. The van der Waals surface area contributed by atoms with Crippen LogP contribution in [0.15, 0.2) is 24.3 Å². The third-order valence-corrected chi connectivity index (χ3v) is 9.61. The van der Waals surface area contributed by atoms with Crippen LogP contribution in [0.1, 0.15) is 193 Å². The SMILES string of the molecule is CCC(=O)OC1CCCCCCCC/C=C\CCCCCCCOC(=O)PC(=O)OCCCCCCC/C=C\CCCCCCCC1. The number of carbonyl (C=O) groups excluding carboxylic acids is 3. The quantitative estimate of drug-likeness (QED) is 0.125. The van der Waals surface area contributed by atoms with Crippen LogP contribution < -0.4 is 0 Å². The Morgan fingerprint density at radius 2 is 0.872 bits per heavy atom. The summed E-state index contributed by atoms with van der Waals surface area (Å²) in [5.74, 6) is -0.0458. The molecule has 0 amide bonds. The van der Waals surface area contributed by atoms with Gasteiger partial charge >= 0.3 is 17.4 Å². The zero-order chi connectivity index (χ0) is 33.9. The van der Waals surface area contributed by atoms with E-state index in [9.17, 15) is 14.4 Å². The first kappa shape index (κ1) is 43.3. The van der Waals surface area contributed by atoms with Crippen molar-refractivity contribution in [2.75, 3.05) is 13.2 Å². The van der Waals surface area contributed by atoms with Crippen molar-refractivity contribution < 1.29 is 28.6 Å². The molecular formula is C40H71O6P. The molecule has 6 nitrogen and oxygen atoms in total. The fraction of sp³-hybridized carbons (Fsp3) is 0.825. The van der Waals surface area contributed by atoms with Gasteiger partial charge in [-0.3, -0.25) is 4.79 Å². The minimum Gasteiger partial charge on any atom is -0.462 e. The van der Waals surface area contributed by atoms with Crippen LogP contribution in [0.25, 0.3) is 0 Å². The van der Waals surface area contributed by atoms with E-state index in [1.807, 2.05) is 6.92 Å². The molecule has 1 heterocycles. The Labute approximate surface area is 290 Å². The van der Waals surface area contributed by atoms with Crippen LogP contribution in [0, 0.1) is 0 Å². The Kier molecular flexibility index (Phi) is 31.5. The topological polar surface area (TPSA) is 78.9 Å². The van der Waals surface area contributed by atoms with E-state index in [1.54, 1.807) is 0 Å². The molecule has 272 valence electrons. The number of carbonyl (C=O) groups is 3. The van der Waals surface area contributed by atoms with Gasteiger partial charge in [0, 0.05) is 6.42 Å². The molecule has 0 atom stereocenters. The number of hydrogen-bond acceptors (Lipinski definition) is 6. The summed E-state index contributed by atoms with van der Waals surface area (Å²) in [6.45, 7) is 2.67. The smallest absolute Gasteiger partial charge is 0.334 e. The summed E-state index contributed by atoms with van der Waals surface area (Å²) in [6.07, 6.45) is 42.5. The number of cyclic esters (lactones) is 2. The Bertz CT molecular complexity index is 755. The first-order valence-electron chi connectivity index (χ1n) is 19.7. The number of esters is 1. The Morgan fingerprint density at radius 1 is 0.553 bits per heavy atom. The Balaban J connectivity index is 2.32. The van der Waals surface area contributed by atoms with Crippen LogP contribution in [0.3, 0.4) is 0 Å². The predicted octanol–water partition coefficient (Wildman–Crippen LogP) is 13.3. The first-order chi connectivity index (χ1) is 23.1. The van der Waals surface area contributed by atoms with E-state index >= 15 is 0 Å². The minimum atomic E-state index is -0.549. The number of rotatable bonds is 2. The summed E-state index contributed by atoms with van der Waals surface area (Å²) in [4.78, 5) is 35.8. The molecule has 0 saturated carbocycles. The fourth-order valence-corrected chi connectivity index (χ4v) is 6.47. The molecule has 1 aliphatic heterocycles. The molecule has 7 heteroatoms. The average Bonchev–Trinajstić information content (AvgIpc) is 3.06. The van der Waals surface area contributed by atoms with Crippen molar-refractivity contribution in [3.05, 3.63) is 24.3 Å². The van der Waals surface area contributed by atoms with E-state index in [0.29, 0.717) is 19.6 Å². The average molecular weight is 679 g/mol. The lowest BCUT2D eigenvalue weighted by molar-refractivity contribution is -0.149. The Hall–Kier alpha value is -1.68. The predicted molar refractivity (Wildman–Crippen MR) is 199 cm³/mol. The van der Waals surface area contributed by atoms with Gasteiger partial charge in [0.15, 0.2) is 0 Å². The van der Waals surface area contributed by atoms with Crippen molar-refractivity contribution >= 4 is 26.0 Å². The molecule has 0 N–H and O–H groups in total. The van der Waals surface area contributed by atoms with Crippen LogP contribution in [0.2, 0.25) is 0 Å². The summed E-state index contributed by atoms with van der Waals surface area (Å²) in [5, 5.41) is 0. The largest absolute Gasteiger partial charge is 0.462 e. The van der Waals surface area contributed by atoms with Gasteiger partial charge < -0.3 is 14.2 Å². The van der Waals surface area contributed by atoms with Crippen molar-refractivity contribution in [3.8, 4) is 0 Å². The van der Waals surface area contributed by atoms with Gasteiger partial charge in [-0.1, -0.05) is 121 Å². The lowest BCUT2D eigenvalue weighted by Gasteiger charge is -2.17. The zero-order valence-electron chi connectivity index (χ0n) is 30.3. The third-order valence-electron chi connectivity index (χ3n) is 8.91. The number of allylic oxidation sites excluding steroid dienone is 4. The van der Waals surface area contributed by atoms with Gasteiger partial charge in [0.05, 0.1) is 13.2 Å². The molecule has 0 fully saturated rings. The second kappa shape index (κ2) is 34.2. The maximum absolute atomic E-state index is 12.0. The van der Waals surface area contributed by atoms with Crippen LogP contribution >= 0.6 is 8.58 Å². The van der Waals surface area contributed by atoms with E-state index in [0.717, 1.165) is 77.0 Å². The molecule has 0 aliphatic carbocycles. The molecule has 0 bridgehead atoms. The summed E-state index contributed by atoms with van der Waals surface area (Å²) in [5.41, 5.74) is -0.893. The van der Waals surface area contributed by atoms with Gasteiger partial charge in [-0.15, -0.1) is 0 Å². The van der Waals surface area contributed by atoms with Crippen molar-refractivity contribution in [1.29, 1.82) is 0 Å². The summed E-state index contributed by atoms with van der Waals surface area (Å²) in [7, 11) is -0.549. The van der Waals surface area contributed by atoms with Gasteiger partial charge in [0.25, 0.3) is 0 Å². The maximum Gasteiger partial charge on any atom is 0.334 e. The Morgan fingerprint density at radius 3 is 1.23 bits per heavy atom. The molecule has 0 saturated heterocycles. The van der Waals surface area contributed by atoms with Gasteiger partial charge in [0.2, 0.25) is 0 Å². The second-order valence-corrected chi connectivity index (χ2v) is 14.4. The summed E-state index contributed by atoms with van der Waals surface area (Å²) < 4.78 is 16.2. The highest BCUT2D eigenvalue weighted by Crippen LogP contribution is 2.20. The molecule has 1 aliphatic rings. The normalized spacial score (nSPS) is 24.6. The number of ether oxygens (including phenoxy) is 3. The van der Waals surface area contributed by atoms with Crippen LogP contribution in [-0.2, 0) is 19.0 Å². The lowest BCUT2D eigenvalue weighted by atomic mass is 10.0. The molecule has 47 heavy (non-hydrogen) atoms. The van der Waals surface area contributed by atoms with Crippen molar-refractivity contribution in [2.45, 2.75) is 199 Å². The second-order valence-electron chi connectivity index (χ2n) is 13.3. The van der Waals surface area contributed by atoms with E-state index < -0.39 is 20.0 Å². The molecule has 0 radical (unpaired) electrons. The van der Waals surface area contributed by atoms with E-state index in [2.05, 4.69) is 24.3 Å². The minimum absolute atomic E-state index is 0.0458. The first-order valence-corrected chi connectivity index (χ1v) is 20.7. The molecule has 0 aromatic rings. The maximum atomic E-state index is 12.0. The van der Waals surface area contributed by atoms with Crippen LogP contribution in [0.4, 0.5) is 9.59 Å². The fourth-order valence-electron chi connectivity index (χ4n) is 5.96. The molecule has 0 unspecified atom stereocenters. The highest BCUT2D eigenvalue weighted by Gasteiger charge is 2.13. The molecule has 0 spiro atoms. The standard InChI is InChI=1S/C40H71O6P/c1-2-38(41)46-37-33-29-25-21-17-13-9-5-3-7-11-15-19-23-27-31-35-44-39(42)47-40(43)45-36-32-28-24-20-16-12-8-4-6-10-14-18-22-26-30-34-37/h3-4,7-8,37,47H,2,5-6,9-36H2,1H3/b7-3-,8-4-. The van der Waals surface area contributed by atoms with Gasteiger partial charge in [-0.05, 0) is 89.9 Å². The van der Waals surface area contributed by atoms with Crippen molar-refractivity contribution in [3.63, 3.8) is 0 Å². The monoisotopic (exact) mass is 678 g/mol. The van der Waals surface area contributed by atoms with E-state index in [1.165, 1.54) is 103 Å². The van der Waals surface area contributed by atoms with E-state index in [-0.39, 0.29) is 12.1 Å². The zero-order valence-corrected chi connectivity index (χ0v) is 31.3. The van der Waals surface area contributed by atoms with Crippen LogP contribution in [0.5, 0.6) is 0 Å². The van der Waals surface area contributed by atoms with Gasteiger partial charge in [0.1, 0.15) is 14.7 Å². The van der Waals surface area contributed by atoms with Gasteiger partial charge in [-0.2, -0.15) is 0 Å². The van der Waals surface area contributed by atoms with E-state index in [4.69, 9.17) is 14.2 Å². The van der Waals surface area contributed by atoms with Crippen LogP contribution in [-0.4, -0.2) is 36.7 Å².